The molecule has 138 valence electrons. The number of piperazine rings is 1. The molecule has 0 atom stereocenters. The average Bonchev–Trinajstić information content (AvgIpc) is 3.28. The van der Waals surface area contributed by atoms with Crippen molar-refractivity contribution in [3.05, 3.63) is 55.4 Å². The van der Waals surface area contributed by atoms with Crippen molar-refractivity contribution >= 4 is 11.7 Å². The number of hydrogen-bond acceptors (Lipinski definition) is 7. The van der Waals surface area contributed by atoms with Gasteiger partial charge in [0.05, 0.1) is 0 Å². The van der Waals surface area contributed by atoms with E-state index in [0.29, 0.717) is 26.2 Å². The van der Waals surface area contributed by atoms with E-state index in [4.69, 9.17) is 4.74 Å². The smallest absolute Gasteiger partial charge is 0.316 e. The Bertz CT molecular complexity index is 878. The highest BCUT2D eigenvalue weighted by atomic mass is 16.5. The molecule has 1 saturated heterocycles. The van der Waals surface area contributed by atoms with E-state index < -0.39 is 0 Å². The molecule has 0 unspecified atom stereocenters. The molecule has 9 nitrogen and oxygen atoms in total. The zero-order valence-corrected chi connectivity index (χ0v) is 14.7. The fourth-order valence-corrected chi connectivity index (χ4v) is 2.90. The molecular formula is C18H19N7O2. The standard InChI is InChI=1S/C18H19N7O2/c26-17(13-27-18-19-4-3-5-20-18)25-10-8-24(9-11-25)16-12-15(21-14-22-16)23-6-1-2-7-23/h1-7,12,14H,8-11,13H2. The van der Waals surface area contributed by atoms with Crippen molar-refractivity contribution in [2.45, 2.75) is 0 Å². The number of anilines is 1. The number of nitrogens with zero attached hydrogens (tertiary/aromatic N) is 7. The predicted molar refractivity (Wildman–Crippen MR) is 97.7 cm³/mol. The van der Waals surface area contributed by atoms with Crippen LogP contribution in [0.4, 0.5) is 5.82 Å². The van der Waals surface area contributed by atoms with Crippen LogP contribution in [0, 0.1) is 0 Å². The first-order valence-electron chi connectivity index (χ1n) is 8.67. The van der Waals surface area contributed by atoms with Crippen molar-refractivity contribution in [1.29, 1.82) is 0 Å². The van der Waals surface area contributed by atoms with Gasteiger partial charge in [-0.2, -0.15) is 0 Å². The van der Waals surface area contributed by atoms with Gasteiger partial charge in [0.2, 0.25) is 0 Å². The van der Waals surface area contributed by atoms with Gasteiger partial charge in [0.25, 0.3) is 5.91 Å². The third-order valence-corrected chi connectivity index (χ3v) is 4.33. The van der Waals surface area contributed by atoms with Crippen LogP contribution in [-0.4, -0.2) is 68.1 Å². The van der Waals surface area contributed by atoms with Gasteiger partial charge in [-0.3, -0.25) is 4.79 Å². The molecule has 0 spiro atoms. The van der Waals surface area contributed by atoms with E-state index in [1.807, 2.05) is 35.2 Å². The fourth-order valence-electron chi connectivity index (χ4n) is 2.90. The lowest BCUT2D eigenvalue weighted by molar-refractivity contribution is -0.133. The Kier molecular flexibility index (Phi) is 4.91. The lowest BCUT2D eigenvalue weighted by Gasteiger charge is -2.35. The minimum Gasteiger partial charge on any atom is -0.453 e. The van der Waals surface area contributed by atoms with Gasteiger partial charge in [-0.1, -0.05) is 0 Å². The molecule has 1 amide bonds. The zero-order chi connectivity index (χ0) is 18.5. The summed E-state index contributed by atoms with van der Waals surface area (Å²) in [5, 5.41) is 0. The summed E-state index contributed by atoms with van der Waals surface area (Å²) in [5.74, 6) is 1.60. The lowest BCUT2D eigenvalue weighted by Crippen LogP contribution is -2.50. The van der Waals surface area contributed by atoms with E-state index in [2.05, 4.69) is 24.8 Å². The second-order valence-corrected chi connectivity index (χ2v) is 6.01. The van der Waals surface area contributed by atoms with Gasteiger partial charge in [-0.05, 0) is 18.2 Å². The molecule has 0 N–H and O–H groups in total. The molecule has 27 heavy (non-hydrogen) atoms. The number of rotatable bonds is 5. The second-order valence-electron chi connectivity index (χ2n) is 6.01. The maximum Gasteiger partial charge on any atom is 0.316 e. The normalized spacial score (nSPS) is 14.2. The van der Waals surface area contributed by atoms with Crippen molar-refractivity contribution in [2.24, 2.45) is 0 Å². The molecule has 1 aliphatic rings. The first-order chi connectivity index (χ1) is 13.3. The summed E-state index contributed by atoms with van der Waals surface area (Å²) in [6.45, 7) is 2.57. The van der Waals surface area contributed by atoms with Crippen LogP contribution in [0.15, 0.2) is 55.4 Å². The molecule has 3 aromatic rings. The van der Waals surface area contributed by atoms with E-state index in [1.165, 1.54) is 0 Å². The van der Waals surface area contributed by atoms with Crippen LogP contribution in [-0.2, 0) is 4.79 Å². The average molecular weight is 365 g/mol. The number of hydrogen-bond donors (Lipinski definition) is 0. The molecule has 4 heterocycles. The lowest BCUT2D eigenvalue weighted by atomic mass is 10.3. The molecule has 0 bridgehead atoms. The van der Waals surface area contributed by atoms with Crippen molar-refractivity contribution in [1.82, 2.24) is 29.4 Å². The number of amides is 1. The van der Waals surface area contributed by atoms with Gasteiger partial charge in [-0.15, -0.1) is 0 Å². The summed E-state index contributed by atoms with van der Waals surface area (Å²) in [7, 11) is 0. The van der Waals surface area contributed by atoms with Crippen LogP contribution in [0.2, 0.25) is 0 Å². The van der Waals surface area contributed by atoms with Crippen molar-refractivity contribution < 1.29 is 9.53 Å². The Hall–Kier alpha value is -3.49. The Labute approximate surface area is 156 Å². The first kappa shape index (κ1) is 17.0. The Morgan fingerprint density at radius 2 is 1.63 bits per heavy atom. The maximum absolute atomic E-state index is 12.3. The first-order valence-corrected chi connectivity index (χ1v) is 8.67. The Morgan fingerprint density at radius 3 is 2.37 bits per heavy atom. The molecule has 0 saturated carbocycles. The summed E-state index contributed by atoms with van der Waals surface area (Å²) in [6, 6.07) is 7.77. The highest BCUT2D eigenvalue weighted by Crippen LogP contribution is 2.16. The monoisotopic (exact) mass is 365 g/mol. The van der Waals surface area contributed by atoms with E-state index in [9.17, 15) is 4.79 Å². The van der Waals surface area contributed by atoms with Crippen LogP contribution in [0.3, 0.4) is 0 Å². The van der Waals surface area contributed by atoms with Gasteiger partial charge >= 0.3 is 6.01 Å². The molecule has 3 aromatic heterocycles. The van der Waals surface area contributed by atoms with Crippen molar-refractivity contribution in [2.75, 3.05) is 37.7 Å². The topological polar surface area (TPSA) is 89.3 Å². The minimum atomic E-state index is -0.0715. The highest BCUT2D eigenvalue weighted by Gasteiger charge is 2.22. The van der Waals surface area contributed by atoms with Gasteiger partial charge in [0.15, 0.2) is 6.61 Å². The Morgan fingerprint density at radius 1 is 0.926 bits per heavy atom. The van der Waals surface area contributed by atoms with Gasteiger partial charge in [0, 0.05) is 57.0 Å². The predicted octanol–water partition coefficient (Wildman–Crippen LogP) is 0.785. The number of carbonyl (C=O) groups is 1. The van der Waals surface area contributed by atoms with E-state index >= 15 is 0 Å². The third kappa shape index (κ3) is 4.02. The molecule has 1 aliphatic heterocycles. The van der Waals surface area contributed by atoms with E-state index in [0.717, 1.165) is 11.6 Å². The third-order valence-electron chi connectivity index (χ3n) is 4.33. The number of aromatic nitrogens is 5. The molecule has 1 fully saturated rings. The largest absolute Gasteiger partial charge is 0.453 e. The molecular weight excluding hydrogens is 346 g/mol. The van der Waals surface area contributed by atoms with Crippen LogP contribution in [0.1, 0.15) is 0 Å². The molecule has 0 aromatic carbocycles. The molecule has 4 rings (SSSR count). The fraction of sp³-hybridized carbons (Fsp3) is 0.278. The van der Waals surface area contributed by atoms with Crippen LogP contribution in [0.5, 0.6) is 6.01 Å². The summed E-state index contributed by atoms with van der Waals surface area (Å²) < 4.78 is 7.28. The maximum atomic E-state index is 12.3. The van der Waals surface area contributed by atoms with Gasteiger partial charge < -0.3 is 19.1 Å². The molecule has 0 aliphatic carbocycles. The summed E-state index contributed by atoms with van der Waals surface area (Å²) in [5.41, 5.74) is 0. The molecule has 9 heteroatoms. The van der Waals surface area contributed by atoms with Crippen molar-refractivity contribution in [3.8, 4) is 11.8 Å². The summed E-state index contributed by atoms with van der Waals surface area (Å²) >= 11 is 0. The van der Waals surface area contributed by atoms with Gasteiger partial charge in [-0.25, -0.2) is 19.9 Å². The summed E-state index contributed by atoms with van der Waals surface area (Å²) in [6.07, 6.45) is 8.61. The highest BCUT2D eigenvalue weighted by molar-refractivity contribution is 5.78. The van der Waals surface area contributed by atoms with E-state index in [1.54, 1.807) is 29.7 Å². The van der Waals surface area contributed by atoms with Crippen LogP contribution >= 0.6 is 0 Å². The van der Waals surface area contributed by atoms with E-state index in [-0.39, 0.29) is 18.5 Å². The van der Waals surface area contributed by atoms with Crippen LogP contribution < -0.4 is 9.64 Å². The minimum absolute atomic E-state index is 0.0602. The van der Waals surface area contributed by atoms with Crippen molar-refractivity contribution in [3.63, 3.8) is 0 Å². The quantitative estimate of drug-likeness (QED) is 0.660. The number of carbonyl (C=O) groups excluding carboxylic acids is 1. The SMILES string of the molecule is O=C(COc1ncccn1)N1CCN(c2cc(-n3cccc3)ncn2)CC1. The number of ether oxygens (including phenoxy) is 1. The summed E-state index contributed by atoms with van der Waals surface area (Å²) in [4.78, 5) is 32.8. The second kappa shape index (κ2) is 7.81. The van der Waals surface area contributed by atoms with Crippen LogP contribution in [0.25, 0.3) is 5.82 Å². The zero-order valence-electron chi connectivity index (χ0n) is 14.7. The Balaban J connectivity index is 1.32. The molecule has 0 radical (unpaired) electrons. The van der Waals surface area contributed by atoms with Gasteiger partial charge in [0.1, 0.15) is 18.0 Å².